The predicted octanol–water partition coefficient (Wildman–Crippen LogP) is 0.394. The Balaban J connectivity index is 3.50. The molecule has 19 heavy (non-hydrogen) atoms. The Kier molecular flexibility index (Phi) is 4.57. The van der Waals surface area contributed by atoms with Crippen molar-refractivity contribution in [2.24, 2.45) is 0 Å². The predicted molar refractivity (Wildman–Crippen MR) is 64.0 cm³/mol. The molecule has 0 saturated heterocycles. The van der Waals surface area contributed by atoms with E-state index in [0.29, 0.717) is 0 Å². The van der Waals surface area contributed by atoms with Crippen LogP contribution in [0.25, 0.3) is 0 Å². The zero-order chi connectivity index (χ0) is 14.7. The van der Waals surface area contributed by atoms with Crippen molar-refractivity contribution >= 4 is 5.97 Å². The fourth-order valence-electron chi connectivity index (χ4n) is 1.65. The van der Waals surface area contributed by atoms with Gasteiger partial charge in [-0.05, 0) is 12.5 Å². The lowest BCUT2D eigenvalue weighted by Crippen LogP contribution is -2.20. The first-order valence-electron chi connectivity index (χ1n) is 5.57. The lowest BCUT2D eigenvalue weighted by molar-refractivity contribution is 0.0136. The maximum Gasteiger partial charge on any atom is 0.338 e. The van der Waals surface area contributed by atoms with E-state index >= 15 is 0 Å². The zero-order valence-electron chi connectivity index (χ0n) is 10.5. The molecule has 0 spiro atoms. The van der Waals surface area contributed by atoms with E-state index in [-0.39, 0.29) is 12.0 Å². The molecular weight excluding hydrogens is 256 g/mol. The average Bonchev–Trinajstić information content (AvgIpc) is 2.41. The molecule has 2 atom stereocenters. The molecule has 0 saturated carbocycles. The number of phenolic OH excluding ortho intramolecular Hbond substituents is 3. The number of aliphatic hydroxyl groups excluding tert-OH is 2. The van der Waals surface area contributed by atoms with Gasteiger partial charge < -0.3 is 30.3 Å². The number of methoxy groups -OCH3 is 1. The molecule has 2 unspecified atom stereocenters. The molecular formula is C12H16O7. The number of esters is 1. The minimum atomic E-state index is -1.61. The fourth-order valence-corrected chi connectivity index (χ4v) is 1.65. The highest BCUT2D eigenvalue weighted by Crippen LogP contribution is 2.43. The molecule has 1 aromatic rings. The third kappa shape index (κ3) is 2.72. The van der Waals surface area contributed by atoms with Crippen molar-refractivity contribution in [1.82, 2.24) is 0 Å². The highest BCUT2D eigenvalue weighted by Gasteiger charge is 2.30. The summed E-state index contributed by atoms with van der Waals surface area (Å²) in [6.07, 6.45) is -2.70. The first-order valence-corrected chi connectivity index (χ1v) is 5.57. The molecule has 0 bridgehead atoms. The second-order valence-electron chi connectivity index (χ2n) is 3.97. The Hall–Kier alpha value is -1.99. The van der Waals surface area contributed by atoms with Crippen LogP contribution in [0.2, 0.25) is 0 Å². The summed E-state index contributed by atoms with van der Waals surface area (Å²) in [5.41, 5.74) is -0.730. The summed E-state index contributed by atoms with van der Waals surface area (Å²) >= 11 is 0. The monoisotopic (exact) mass is 272 g/mol. The average molecular weight is 272 g/mol. The molecule has 0 radical (unpaired) electrons. The molecule has 0 fully saturated rings. The normalized spacial score (nSPS) is 13.9. The lowest BCUT2D eigenvalue weighted by atomic mass is 9.95. The Morgan fingerprint density at radius 1 is 1.26 bits per heavy atom. The number of benzene rings is 1. The molecule has 5 N–H and O–H groups in total. The van der Waals surface area contributed by atoms with Crippen LogP contribution in [0.3, 0.4) is 0 Å². The van der Waals surface area contributed by atoms with Crippen molar-refractivity contribution in [1.29, 1.82) is 0 Å². The van der Waals surface area contributed by atoms with E-state index in [9.17, 15) is 30.3 Å². The van der Waals surface area contributed by atoms with E-state index in [2.05, 4.69) is 4.74 Å². The van der Waals surface area contributed by atoms with Gasteiger partial charge in [-0.3, -0.25) is 0 Å². The van der Waals surface area contributed by atoms with Crippen molar-refractivity contribution in [3.63, 3.8) is 0 Å². The Labute approximate surface area is 109 Å². The molecule has 0 aromatic heterocycles. The third-order valence-electron chi connectivity index (χ3n) is 2.78. The number of hydrogen-bond acceptors (Lipinski definition) is 7. The van der Waals surface area contributed by atoms with Crippen molar-refractivity contribution in [3.8, 4) is 17.2 Å². The van der Waals surface area contributed by atoms with Gasteiger partial charge in [0, 0.05) is 5.56 Å². The van der Waals surface area contributed by atoms with E-state index in [4.69, 9.17) is 0 Å². The number of phenols is 3. The third-order valence-corrected chi connectivity index (χ3v) is 2.78. The Morgan fingerprint density at radius 3 is 2.32 bits per heavy atom. The number of aromatic hydroxyl groups is 3. The van der Waals surface area contributed by atoms with Gasteiger partial charge in [0.2, 0.25) is 5.75 Å². The van der Waals surface area contributed by atoms with Gasteiger partial charge in [0.15, 0.2) is 11.5 Å². The number of ether oxygens (including phenoxy) is 1. The van der Waals surface area contributed by atoms with E-state index in [1.807, 2.05) is 0 Å². The van der Waals surface area contributed by atoms with Crippen LogP contribution in [0.15, 0.2) is 6.07 Å². The first kappa shape index (κ1) is 15.1. The van der Waals surface area contributed by atoms with Crippen LogP contribution in [0.1, 0.15) is 35.4 Å². The maximum absolute atomic E-state index is 11.5. The van der Waals surface area contributed by atoms with Gasteiger partial charge in [-0.25, -0.2) is 4.79 Å². The van der Waals surface area contributed by atoms with Crippen LogP contribution < -0.4 is 0 Å². The molecule has 7 heteroatoms. The van der Waals surface area contributed by atoms with Crippen LogP contribution in [-0.2, 0) is 4.74 Å². The summed E-state index contributed by atoms with van der Waals surface area (Å²) in [5.74, 6) is -3.42. The minimum absolute atomic E-state index is 0.156. The zero-order valence-corrected chi connectivity index (χ0v) is 10.5. The molecule has 1 rings (SSSR count). The van der Waals surface area contributed by atoms with Crippen molar-refractivity contribution in [2.75, 3.05) is 7.11 Å². The quantitative estimate of drug-likeness (QED) is 0.396. The van der Waals surface area contributed by atoms with Gasteiger partial charge in [0.1, 0.15) is 6.10 Å². The van der Waals surface area contributed by atoms with E-state index in [1.54, 1.807) is 6.92 Å². The lowest BCUT2D eigenvalue weighted by Gasteiger charge is -2.21. The topological polar surface area (TPSA) is 127 Å². The van der Waals surface area contributed by atoms with Crippen molar-refractivity contribution in [3.05, 3.63) is 17.2 Å². The van der Waals surface area contributed by atoms with Gasteiger partial charge in [0.25, 0.3) is 0 Å². The number of rotatable bonds is 4. The molecule has 0 heterocycles. The SMILES string of the molecule is CCC(O)C(O)c1c(C(=O)OC)cc(O)c(O)c1O. The standard InChI is InChI=1S/C12H16O7/c1-3-6(13)9(15)8-5(12(18)19-2)4-7(14)10(16)11(8)17/h4,6,9,13-17H,3H2,1-2H3. The van der Waals surface area contributed by atoms with Gasteiger partial charge in [-0.1, -0.05) is 6.92 Å². The summed E-state index contributed by atoms with van der Waals surface area (Å²) in [4.78, 5) is 11.5. The molecule has 0 aliphatic rings. The Bertz CT molecular complexity index is 483. The molecule has 7 nitrogen and oxygen atoms in total. The van der Waals surface area contributed by atoms with Crippen LogP contribution in [-0.4, -0.2) is 44.7 Å². The molecule has 0 amide bonds. The van der Waals surface area contributed by atoms with Crippen molar-refractivity contribution < 1.29 is 35.1 Å². The number of carbonyl (C=O) groups excluding carboxylic acids is 1. The van der Waals surface area contributed by atoms with Crippen LogP contribution in [0, 0.1) is 0 Å². The summed E-state index contributed by atoms with van der Waals surface area (Å²) < 4.78 is 4.45. The summed E-state index contributed by atoms with van der Waals surface area (Å²) in [6, 6.07) is 0.849. The van der Waals surface area contributed by atoms with E-state index in [1.165, 1.54) is 0 Å². The van der Waals surface area contributed by atoms with Crippen molar-refractivity contribution in [2.45, 2.75) is 25.6 Å². The highest BCUT2D eigenvalue weighted by molar-refractivity contribution is 5.93. The largest absolute Gasteiger partial charge is 0.504 e. The highest BCUT2D eigenvalue weighted by atomic mass is 16.5. The van der Waals surface area contributed by atoms with Gasteiger partial charge >= 0.3 is 5.97 Å². The van der Waals surface area contributed by atoms with Gasteiger partial charge in [-0.15, -0.1) is 0 Å². The van der Waals surface area contributed by atoms with Gasteiger partial charge in [0.05, 0.1) is 18.8 Å². The molecule has 106 valence electrons. The Morgan fingerprint density at radius 2 is 1.84 bits per heavy atom. The van der Waals surface area contributed by atoms with E-state index in [0.717, 1.165) is 13.2 Å². The fraction of sp³-hybridized carbons (Fsp3) is 0.417. The second kappa shape index (κ2) is 5.77. The second-order valence-corrected chi connectivity index (χ2v) is 3.97. The molecule has 0 aliphatic carbocycles. The number of carbonyl (C=O) groups is 1. The summed E-state index contributed by atoms with van der Waals surface area (Å²) in [7, 11) is 1.08. The maximum atomic E-state index is 11.5. The summed E-state index contributed by atoms with van der Waals surface area (Å²) in [5, 5.41) is 48.0. The van der Waals surface area contributed by atoms with E-state index < -0.39 is 41.0 Å². The first-order chi connectivity index (χ1) is 8.84. The number of aliphatic hydroxyl groups is 2. The smallest absolute Gasteiger partial charge is 0.338 e. The molecule has 1 aromatic carbocycles. The van der Waals surface area contributed by atoms with Crippen LogP contribution >= 0.6 is 0 Å². The number of hydrogen-bond donors (Lipinski definition) is 5. The minimum Gasteiger partial charge on any atom is -0.504 e. The molecule has 0 aliphatic heterocycles. The van der Waals surface area contributed by atoms with Gasteiger partial charge in [-0.2, -0.15) is 0 Å². The summed E-state index contributed by atoms with van der Waals surface area (Å²) in [6.45, 7) is 1.59. The van der Waals surface area contributed by atoms with Crippen LogP contribution in [0.4, 0.5) is 0 Å². The van der Waals surface area contributed by atoms with Crippen LogP contribution in [0.5, 0.6) is 17.2 Å².